The average molecular weight is 336 g/mol. The van der Waals surface area contributed by atoms with Crippen molar-refractivity contribution in [1.29, 1.82) is 5.41 Å². The van der Waals surface area contributed by atoms with E-state index in [1.54, 1.807) is 0 Å². The molecule has 2 atom stereocenters. The topological polar surface area (TPSA) is 53.1 Å². The van der Waals surface area contributed by atoms with Crippen LogP contribution in [0.15, 0.2) is 22.7 Å². The lowest BCUT2D eigenvalue weighted by atomic mass is 9.75. The van der Waals surface area contributed by atoms with Gasteiger partial charge in [-0.1, -0.05) is 35.2 Å². The van der Waals surface area contributed by atoms with E-state index in [1.165, 1.54) is 32.1 Å². The van der Waals surface area contributed by atoms with Gasteiger partial charge < -0.3 is 10.6 Å². The SMILES string of the molecule is N=C(N)c1ccc(Br)cc1N1CCC2CCCCC2C1. The molecule has 0 bridgehead atoms. The average Bonchev–Trinajstić information content (AvgIpc) is 2.46. The summed E-state index contributed by atoms with van der Waals surface area (Å²) in [6.07, 6.45) is 6.86. The van der Waals surface area contributed by atoms with Crippen molar-refractivity contribution >= 4 is 27.5 Å². The molecule has 2 fully saturated rings. The maximum Gasteiger partial charge on any atom is 0.124 e. The normalized spacial score (nSPS) is 26.1. The number of hydrogen-bond acceptors (Lipinski definition) is 2. The molecule has 2 aliphatic rings. The van der Waals surface area contributed by atoms with Crippen molar-refractivity contribution in [2.45, 2.75) is 32.1 Å². The molecule has 0 radical (unpaired) electrons. The molecule has 0 aromatic heterocycles. The molecular formula is C16H22BrN3. The molecule has 1 saturated carbocycles. The van der Waals surface area contributed by atoms with Crippen molar-refractivity contribution in [2.75, 3.05) is 18.0 Å². The highest BCUT2D eigenvalue weighted by Gasteiger charge is 2.31. The molecular weight excluding hydrogens is 314 g/mol. The van der Waals surface area contributed by atoms with Crippen LogP contribution in [-0.2, 0) is 0 Å². The fourth-order valence-corrected chi connectivity index (χ4v) is 4.16. The van der Waals surface area contributed by atoms with Crippen LogP contribution in [0.5, 0.6) is 0 Å². The molecule has 2 unspecified atom stereocenters. The first-order valence-electron chi connectivity index (χ1n) is 7.54. The van der Waals surface area contributed by atoms with E-state index in [0.29, 0.717) is 0 Å². The van der Waals surface area contributed by atoms with Crippen molar-refractivity contribution < 1.29 is 0 Å². The fourth-order valence-electron chi connectivity index (χ4n) is 3.81. The van der Waals surface area contributed by atoms with E-state index in [2.05, 4.69) is 26.9 Å². The van der Waals surface area contributed by atoms with Crippen molar-refractivity contribution in [2.24, 2.45) is 17.6 Å². The van der Waals surface area contributed by atoms with Gasteiger partial charge in [-0.15, -0.1) is 0 Å². The zero-order chi connectivity index (χ0) is 14.1. The molecule has 0 amide bonds. The minimum atomic E-state index is 0.165. The van der Waals surface area contributed by atoms with E-state index in [0.717, 1.165) is 40.6 Å². The zero-order valence-electron chi connectivity index (χ0n) is 11.7. The van der Waals surface area contributed by atoms with Crippen LogP contribution in [0.25, 0.3) is 0 Å². The third kappa shape index (κ3) is 2.71. The molecule has 1 saturated heterocycles. The summed E-state index contributed by atoms with van der Waals surface area (Å²) in [4.78, 5) is 2.44. The highest BCUT2D eigenvalue weighted by molar-refractivity contribution is 9.10. The Balaban J connectivity index is 1.85. The molecule has 3 nitrogen and oxygen atoms in total. The van der Waals surface area contributed by atoms with Crippen molar-refractivity contribution in [3.05, 3.63) is 28.2 Å². The van der Waals surface area contributed by atoms with Gasteiger partial charge in [-0.3, -0.25) is 5.41 Å². The Morgan fingerprint density at radius 1 is 1.20 bits per heavy atom. The second-order valence-electron chi connectivity index (χ2n) is 6.11. The Hall–Kier alpha value is -1.03. The monoisotopic (exact) mass is 335 g/mol. The smallest absolute Gasteiger partial charge is 0.124 e. The number of nitrogens with two attached hydrogens (primary N) is 1. The number of amidine groups is 1. The lowest BCUT2D eigenvalue weighted by molar-refractivity contribution is 0.202. The van der Waals surface area contributed by atoms with Gasteiger partial charge in [0.2, 0.25) is 0 Å². The molecule has 20 heavy (non-hydrogen) atoms. The number of benzene rings is 1. The number of nitrogens with one attached hydrogen (secondary N) is 1. The Kier molecular flexibility index (Phi) is 4.01. The molecule has 1 aliphatic heterocycles. The summed E-state index contributed by atoms with van der Waals surface area (Å²) in [5, 5.41) is 7.78. The first-order valence-corrected chi connectivity index (χ1v) is 8.33. The van der Waals surface area contributed by atoms with Gasteiger partial charge in [-0.2, -0.15) is 0 Å². The van der Waals surface area contributed by atoms with E-state index in [9.17, 15) is 0 Å². The quantitative estimate of drug-likeness (QED) is 0.638. The Morgan fingerprint density at radius 3 is 2.70 bits per heavy atom. The molecule has 1 aromatic carbocycles. The van der Waals surface area contributed by atoms with Crippen molar-refractivity contribution in [1.82, 2.24) is 0 Å². The van der Waals surface area contributed by atoms with E-state index >= 15 is 0 Å². The van der Waals surface area contributed by atoms with E-state index in [1.807, 2.05) is 12.1 Å². The van der Waals surface area contributed by atoms with E-state index in [-0.39, 0.29) is 5.84 Å². The first kappa shape index (κ1) is 13.9. The van der Waals surface area contributed by atoms with Crippen LogP contribution in [0.1, 0.15) is 37.7 Å². The van der Waals surface area contributed by atoms with Gasteiger partial charge in [0.25, 0.3) is 0 Å². The number of hydrogen-bond donors (Lipinski definition) is 2. The summed E-state index contributed by atoms with van der Waals surface area (Å²) >= 11 is 3.54. The molecule has 3 N–H and O–H groups in total. The molecule has 3 rings (SSSR count). The fraction of sp³-hybridized carbons (Fsp3) is 0.562. The predicted octanol–water partition coefficient (Wildman–Crippen LogP) is 3.75. The van der Waals surface area contributed by atoms with Gasteiger partial charge in [-0.05, 0) is 42.9 Å². The Bertz CT molecular complexity index is 514. The largest absolute Gasteiger partial charge is 0.384 e. The second kappa shape index (κ2) is 5.76. The van der Waals surface area contributed by atoms with Crippen LogP contribution >= 0.6 is 15.9 Å². The highest BCUT2D eigenvalue weighted by atomic mass is 79.9. The number of rotatable bonds is 2. The molecule has 4 heteroatoms. The van der Waals surface area contributed by atoms with Gasteiger partial charge in [0.05, 0.1) is 0 Å². The van der Waals surface area contributed by atoms with Gasteiger partial charge >= 0.3 is 0 Å². The summed E-state index contributed by atoms with van der Waals surface area (Å²) in [5.41, 5.74) is 7.73. The summed E-state index contributed by atoms with van der Waals surface area (Å²) in [6.45, 7) is 2.22. The third-order valence-electron chi connectivity index (χ3n) is 4.88. The number of halogens is 1. The number of nitrogen functional groups attached to an aromatic ring is 1. The summed E-state index contributed by atoms with van der Waals surface area (Å²) in [7, 11) is 0. The number of nitrogens with zero attached hydrogens (tertiary/aromatic N) is 1. The minimum Gasteiger partial charge on any atom is -0.384 e. The highest BCUT2D eigenvalue weighted by Crippen LogP contribution is 2.38. The van der Waals surface area contributed by atoms with Crippen LogP contribution in [0.2, 0.25) is 0 Å². The van der Waals surface area contributed by atoms with E-state index < -0.39 is 0 Å². The number of piperidine rings is 1. The Labute approximate surface area is 129 Å². The van der Waals surface area contributed by atoms with Crippen LogP contribution < -0.4 is 10.6 Å². The van der Waals surface area contributed by atoms with Crippen LogP contribution in [0.3, 0.4) is 0 Å². The van der Waals surface area contributed by atoms with Crippen LogP contribution in [0, 0.1) is 17.2 Å². The lowest BCUT2D eigenvalue weighted by Gasteiger charge is -2.42. The molecule has 108 valence electrons. The lowest BCUT2D eigenvalue weighted by Crippen LogP contribution is -2.42. The molecule has 1 aromatic rings. The number of anilines is 1. The summed E-state index contributed by atoms with van der Waals surface area (Å²) in [5.74, 6) is 1.92. The number of fused-ring (bicyclic) bond motifs is 1. The molecule has 1 heterocycles. The van der Waals surface area contributed by atoms with Crippen molar-refractivity contribution in [3.8, 4) is 0 Å². The maximum absolute atomic E-state index is 7.78. The second-order valence-corrected chi connectivity index (χ2v) is 7.03. The third-order valence-corrected chi connectivity index (χ3v) is 5.38. The standard InChI is InChI=1S/C16H22BrN3/c17-13-5-6-14(16(18)19)15(9-13)20-8-7-11-3-1-2-4-12(11)10-20/h5-6,9,11-12H,1-4,7-8,10H2,(H3,18,19). The molecule has 1 aliphatic carbocycles. The van der Waals surface area contributed by atoms with Crippen LogP contribution in [-0.4, -0.2) is 18.9 Å². The van der Waals surface area contributed by atoms with Gasteiger partial charge in [-0.25, -0.2) is 0 Å². The predicted molar refractivity (Wildman–Crippen MR) is 87.4 cm³/mol. The maximum atomic E-state index is 7.78. The van der Waals surface area contributed by atoms with Gasteiger partial charge in [0, 0.05) is 28.8 Å². The first-order chi connectivity index (χ1) is 9.65. The minimum absolute atomic E-state index is 0.165. The van der Waals surface area contributed by atoms with E-state index in [4.69, 9.17) is 11.1 Å². The summed E-state index contributed by atoms with van der Waals surface area (Å²) in [6, 6.07) is 6.03. The summed E-state index contributed by atoms with van der Waals surface area (Å²) < 4.78 is 1.06. The van der Waals surface area contributed by atoms with Crippen LogP contribution in [0.4, 0.5) is 5.69 Å². The zero-order valence-corrected chi connectivity index (χ0v) is 13.3. The van der Waals surface area contributed by atoms with Gasteiger partial charge in [0.15, 0.2) is 0 Å². The molecule has 0 spiro atoms. The van der Waals surface area contributed by atoms with Crippen molar-refractivity contribution in [3.63, 3.8) is 0 Å². The van der Waals surface area contributed by atoms with Gasteiger partial charge in [0.1, 0.15) is 5.84 Å². The Morgan fingerprint density at radius 2 is 1.95 bits per heavy atom.